The Bertz CT molecular complexity index is 478. The molecular weight excluding hydrogens is 290 g/mol. The normalized spacial score (nSPS) is 12.7. The van der Waals surface area contributed by atoms with Gasteiger partial charge in [-0.05, 0) is 38.1 Å². The molecule has 0 aliphatic carbocycles. The first kappa shape index (κ1) is 15.8. The quantitative estimate of drug-likeness (QED) is 0.821. The van der Waals surface area contributed by atoms with Crippen LogP contribution in [0.25, 0.3) is 0 Å². The summed E-state index contributed by atoms with van der Waals surface area (Å²) >= 11 is 7.28. The van der Waals surface area contributed by atoms with E-state index in [-0.39, 0.29) is 11.3 Å². The molecule has 0 spiro atoms. The van der Waals surface area contributed by atoms with Gasteiger partial charge in [0.05, 0.1) is 10.6 Å². The van der Waals surface area contributed by atoms with Crippen molar-refractivity contribution in [2.24, 2.45) is 5.73 Å². The summed E-state index contributed by atoms with van der Waals surface area (Å²) in [4.78, 5) is 0.319. The second kappa shape index (κ2) is 6.28. The van der Waals surface area contributed by atoms with Crippen LogP contribution in [0, 0.1) is 0 Å². The number of hydrogen-bond donors (Lipinski definition) is 1. The van der Waals surface area contributed by atoms with Gasteiger partial charge in [-0.1, -0.05) is 11.6 Å². The summed E-state index contributed by atoms with van der Waals surface area (Å²) in [6.07, 6.45) is 0. The Morgan fingerprint density at radius 2 is 1.83 bits per heavy atom. The van der Waals surface area contributed by atoms with Gasteiger partial charge in [0.2, 0.25) is 0 Å². The van der Waals surface area contributed by atoms with Gasteiger partial charge in [-0.2, -0.15) is 11.8 Å². The Balaban J connectivity index is 2.53. The average Bonchev–Trinajstić information content (AvgIpc) is 2.24. The molecule has 6 heteroatoms. The van der Waals surface area contributed by atoms with Crippen molar-refractivity contribution in [3.05, 3.63) is 29.3 Å². The zero-order chi connectivity index (χ0) is 13.8. The van der Waals surface area contributed by atoms with Gasteiger partial charge in [-0.15, -0.1) is 0 Å². The van der Waals surface area contributed by atoms with Crippen molar-refractivity contribution in [1.82, 2.24) is 0 Å². The van der Waals surface area contributed by atoms with Gasteiger partial charge in [-0.3, -0.25) is 0 Å². The van der Waals surface area contributed by atoms with Gasteiger partial charge in [0, 0.05) is 22.1 Å². The molecule has 102 valence electrons. The molecule has 0 radical (unpaired) electrons. The fourth-order valence-corrected chi connectivity index (χ4v) is 4.20. The molecule has 0 aliphatic rings. The van der Waals surface area contributed by atoms with Crippen molar-refractivity contribution < 1.29 is 8.42 Å². The second-order valence-corrected chi connectivity index (χ2v) is 8.46. The van der Waals surface area contributed by atoms with Crippen LogP contribution in [0.3, 0.4) is 0 Å². The van der Waals surface area contributed by atoms with E-state index in [1.165, 1.54) is 12.1 Å². The smallest absolute Gasteiger partial charge is 0.179 e. The number of halogens is 1. The lowest BCUT2D eigenvalue weighted by Gasteiger charge is -2.17. The fourth-order valence-electron chi connectivity index (χ4n) is 1.26. The lowest BCUT2D eigenvalue weighted by Crippen LogP contribution is -2.35. The van der Waals surface area contributed by atoms with Crippen LogP contribution in [0.15, 0.2) is 29.2 Å². The minimum atomic E-state index is -3.22. The molecule has 0 aromatic heterocycles. The van der Waals surface area contributed by atoms with E-state index < -0.39 is 9.84 Å². The molecule has 2 N–H and O–H groups in total. The minimum Gasteiger partial charge on any atom is -0.325 e. The summed E-state index contributed by atoms with van der Waals surface area (Å²) in [5.41, 5.74) is 5.56. The van der Waals surface area contributed by atoms with Crippen LogP contribution in [0.2, 0.25) is 5.02 Å². The van der Waals surface area contributed by atoms with E-state index in [9.17, 15) is 8.42 Å². The average molecular weight is 308 g/mol. The predicted molar refractivity (Wildman–Crippen MR) is 79.1 cm³/mol. The van der Waals surface area contributed by atoms with Crippen LogP contribution in [0.1, 0.15) is 13.8 Å². The van der Waals surface area contributed by atoms with E-state index in [1.54, 1.807) is 23.9 Å². The Morgan fingerprint density at radius 3 is 2.33 bits per heavy atom. The summed E-state index contributed by atoms with van der Waals surface area (Å²) in [6.45, 7) is 3.85. The Morgan fingerprint density at radius 1 is 1.28 bits per heavy atom. The lowest BCUT2D eigenvalue weighted by atomic mass is 10.1. The summed E-state index contributed by atoms with van der Waals surface area (Å²) < 4.78 is 24.0. The number of rotatable bonds is 6. The van der Waals surface area contributed by atoms with Crippen molar-refractivity contribution in [3.63, 3.8) is 0 Å². The van der Waals surface area contributed by atoms with Crippen LogP contribution in [-0.2, 0) is 9.84 Å². The summed E-state index contributed by atoms with van der Waals surface area (Å²) in [6, 6.07) is 6.25. The van der Waals surface area contributed by atoms with Crippen molar-refractivity contribution in [3.8, 4) is 0 Å². The van der Waals surface area contributed by atoms with Gasteiger partial charge in [0.15, 0.2) is 9.84 Å². The van der Waals surface area contributed by atoms with Crippen molar-refractivity contribution in [2.75, 3.05) is 17.3 Å². The van der Waals surface area contributed by atoms with Gasteiger partial charge in [0.1, 0.15) is 0 Å². The van der Waals surface area contributed by atoms with Crippen LogP contribution in [0.4, 0.5) is 0 Å². The van der Waals surface area contributed by atoms with Gasteiger partial charge in [0.25, 0.3) is 0 Å². The second-order valence-electron chi connectivity index (χ2n) is 4.81. The zero-order valence-electron chi connectivity index (χ0n) is 10.5. The summed E-state index contributed by atoms with van der Waals surface area (Å²) in [5.74, 6) is 1.41. The molecule has 0 unspecified atom stereocenters. The van der Waals surface area contributed by atoms with Crippen molar-refractivity contribution >= 4 is 33.2 Å². The van der Waals surface area contributed by atoms with Gasteiger partial charge >= 0.3 is 0 Å². The van der Waals surface area contributed by atoms with Crippen LogP contribution >= 0.6 is 23.4 Å². The topological polar surface area (TPSA) is 60.2 Å². The van der Waals surface area contributed by atoms with E-state index in [4.69, 9.17) is 17.3 Å². The highest BCUT2D eigenvalue weighted by molar-refractivity contribution is 8.00. The third-order valence-electron chi connectivity index (χ3n) is 2.14. The standard InChI is InChI=1S/C12H18ClNO2S2/c1-12(2,14)9-17-7-8-18(15,16)11-5-3-10(13)4-6-11/h3-6H,7-9,14H2,1-2H3. The zero-order valence-corrected chi connectivity index (χ0v) is 12.9. The van der Waals surface area contributed by atoms with Gasteiger partial charge in [-0.25, -0.2) is 8.42 Å². The Hall–Kier alpha value is -0.230. The molecule has 1 aromatic rings. The molecule has 18 heavy (non-hydrogen) atoms. The van der Waals surface area contributed by atoms with Crippen molar-refractivity contribution in [1.29, 1.82) is 0 Å². The maximum absolute atomic E-state index is 12.0. The molecule has 0 saturated carbocycles. The lowest BCUT2D eigenvalue weighted by molar-refractivity contribution is 0.590. The number of benzene rings is 1. The first-order chi connectivity index (χ1) is 8.21. The molecule has 3 nitrogen and oxygen atoms in total. The number of hydrogen-bond acceptors (Lipinski definition) is 4. The number of sulfone groups is 1. The maximum Gasteiger partial charge on any atom is 0.179 e. The molecule has 0 bridgehead atoms. The van der Waals surface area contributed by atoms with E-state index >= 15 is 0 Å². The molecule has 0 heterocycles. The number of thioether (sulfide) groups is 1. The molecule has 0 amide bonds. The summed E-state index contributed by atoms with van der Waals surface area (Å²) in [7, 11) is -3.22. The van der Waals surface area contributed by atoms with E-state index in [0.29, 0.717) is 15.7 Å². The summed E-state index contributed by atoms with van der Waals surface area (Å²) in [5, 5.41) is 0.535. The molecule has 0 fully saturated rings. The SMILES string of the molecule is CC(C)(N)CSCCS(=O)(=O)c1ccc(Cl)cc1. The third kappa shape index (κ3) is 5.61. The highest BCUT2D eigenvalue weighted by Gasteiger charge is 2.15. The highest BCUT2D eigenvalue weighted by atomic mass is 35.5. The third-order valence-corrected chi connectivity index (χ3v) is 5.83. The minimum absolute atomic E-state index is 0.120. The van der Waals surface area contributed by atoms with E-state index in [1.807, 2.05) is 13.8 Å². The molecule has 1 rings (SSSR count). The molecule has 0 aliphatic heterocycles. The van der Waals surface area contributed by atoms with Crippen LogP contribution in [-0.4, -0.2) is 31.2 Å². The Kier molecular flexibility index (Phi) is 5.52. The monoisotopic (exact) mass is 307 g/mol. The first-order valence-corrected chi connectivity index (χ1v) is 8.74. The van der Waals surface area contributed by atoms with Crippen LogP contribution < -0.4 is 5.73 Å². The van der Waals surface area contributed by atoms with E-state index in [2.05, 4.69) is 0 Å². The van der Waals surface area contributed by atoms with Gasteiger partial charge < -0.3 is 5.73 Å². The van der Waals surface area contributed by atoms with E-state index in [0.717, 1.165) is 5.75 Å². The maximum atomic E-state index is 12.0. The highest BCUT2D eigenvalue weighted by Crippen LogP contribution is 2.17. The first-order valence-electron chi connectivity index (χ1n) is 5.56. The van der Waals surface area contributed by atoms with Crippen molar-refractivity contribution in [2.45, 2.75) is 24.3 Å². The molecule has 0 atom stereocenters. The largest absolute Gasteiger partial charge is 0.325 e. The number of nitrogens with two attached hydrogens (primary N) is 1. The molecule has 0 saturated heterocycles. The molecule has 1 aromatic carbocycles. The Labute approximate surface area is 118 Å². The molecular formula is C12H18ClNO2S2. The van der Waals surface area contributed by atoms with Crippen LogP contribution in [0.5, 0.6) is 0 Å². The predicted octanol–water partition coefficient (Wildman–Crippen LogP) is 2.58. The fraction of sp³-hybridized carbons (Fsp3) is 0.500.